The lowest BCUT2D eigenvalue weighted by molar-refractivity contribution is 0.534. The van der Waals surface area contributed by atoms with Gasteiger partial charge in [-0.2, -0.15) is 0 Å². The summed E-state index contributed by atoms with van der Waals surface area (Å²) in [5, 5.41) is 3.25. The fourth-order valence-electron chi connectivity index (χ4n) is 2.07. The summed E-state index contributed by atoms with van der Waals surface area (Å²) >= 11 is 7.77. The van der Waals surface area contributed by atoms with Gasteiger partial charge in [0.1, 0.15) is 0 Å². The highest BCUT2D eigenvalue weighted by Gasteiger charge is 2.21. The second kappa shape index (κ2) is 3.99. The van der Waals surface area contributed by atoms with Crippen molar-refractivity contribution in [2.45, 2.75) is 25.2 Å². The van der Waals surface area contributed by atoms with E-state index in [0.29, 0.717) is 5.92 Å². The Labute approximate surface area is 88.1 Å². The lowest BCUT2D eigenvalue weighted by Crippen LogP contribution is -2.20. The molecule has 0 fully saturated rings. The van der Waals surface area contributed by atoms with E-state index in [1.807, 2.05) is 7.05 Å². The largest absolute Gasteiger partial charge is 0.319 e. The highest BCUT2D eigenvalue weighted by Crippen LogP contribution is 2.38. The van der Waals surface area contributed by atoms with Gasteiger partial charge in [-0.25, -0.2) is 0 Å². The number of aryl methyl sites for hydroxylation is 1. The van der Waals surface area contributed by atoms with Crippen LogP contribution in [0.4, 0.5) is 0 Å². The van der Waals surface area contributed by atoms with Crippen molar-refractivity contribution in [1.29, 1.82) is 0 Å². The van der Waals surface area contributed by atoms with Crippen molar-refractivity contribution >= 4 is 22.9 Å². The lowest BCUT2D eigenvalue weighted by atomic mass is 9.88. The number of halogens is 1. The highest BCUT2D eigenvalue weighted by atomic mass is 35.5. The van der Waals surface area contributed by atoms with Crippen LogP contribution in [0.2, 0.25) is 4.34 Å². The molecule has 0 bridgehead atoms. The van der Waals surface area contributed by atoms with Gasteiger partial charge in [0.05, 0.1) is 4.34 Å². The van der Waals surface area contributed by atoms with Gasteiger partial charge in [-0.15, -0.1) is 11.3 Å². The van der Waals surface area contributed by atoms with E-state index >= 15 is 0 Å². The van der Waals surface area contributed by atoms with Crippen LogP contribution < -0.4 is 5.32 Å². The fourth-order valence-corrected chi connectivity index (χ4v) is 3.48. The molecule has 72 valence electrons. The number of hydrogen-bond donors (Lipinski definition) is 1. The average molecular weight is 216 g/mol. The molecule has 2 rings (SSSR count). The molecule has 1 nitrogen and oxygen atoms in total. The summed E-state index contributed by atoms with van der Waals surface area (Å²) in [6.07, 6.45) is 3.85. The predicted octanol–water partition coefficient (Wildman–Crippen LogP) is 3.04. The molecule has 3 heteroatoms. The van der Waals surface area contributed by atoms with E-state index in [0.717, 1.165) is 10.9 Å². The van der Waals surface area contributed by atoms with Crippen molar-refractivity contribution in [2.75, 3.05) is 13.6 Å². The Bertz CT molecular complexity index is 295. The molecule has 1 heterocycles. The molecule has 13 heavy (non-hydrogen) atoms. The van der Waals surface area contributed by atoms with Gasteiger partial charge < -0.3 is 5.32 Å². The van der Waals surface area contributed by atoms with Crippen LogP contribution in [0.25, 0.3) is 0 Å². The normalized spacial score (nSPS) is 21.5. The van der Waals surface area contributed by atoms with Gasteiger partial charge in [-0.3, -0.25) is 0 Å². The topological polar surface area (TPSA) is 12.0 Å². The predicted molar refractivity (Wildman–Crippen MR) is 58.9 cm³/mol. The number of thiophene rings is 1. The minimum Gasteiger partial charge on any atom is -0.319 e. The third kappa shape index (κ3) is 1.90. The molecule has 1 aliphatic rings. The first kappa shape index (κ1) is 9.50. The summed E-state index contributed by atoms with van der Waals surface area (Å²) in [4.78, 5) is 1.51. The lowest BCUT2D eigenvalue weighted by Gasteiger charge is -2.21. The molecule has 0 saturated heterocycles. The van der Waals surface area contributed by atoms with Gasteiger partial charge in [0.2, 0.25) is 0 Å². The van der Waals surface area contributed by atoms with Gasteiger partial charge in [-0.05, 0) is 43.9 Å². The molecule has 1 aromatic rings. The van der Waals surface area contributed by atoms with Gasteiger partial charge in [0, 0.05) is 11.4 Å². The highest BCUT2D eigenvalue weighted by molar-refractivity contribution is 7.16. The van der Waals surface area contributed by atoms with E-state index in [1.165, 1.54) is 29.7 Å². The zero-order chi connectivity index (χ0) is 9.26. The SMILES string of the molecule is CNCC1CCCc2sc(Cl)cc21. The maximum atomic E-state index is 6.01. The molecule has 0 spiro atoms. The van der Waals surface area contributed by atoms with E-state index < -0.39 is 0 Å². The van der Waals surface area contributed by atoms with Crippen LogP contribution in [-0.2, 0) is 6.42 Å². The first-order valence-corrected chi connectivity index (χ1v) is 5.93. The molecule has 1 atom stereocenters. The Kier molecular flexibility index (Phi) is 2.92. The van der Waals surface area contributed by atoms with Crippen LogP contribution in [-0.4, -0.2) is 13.6 Å². The Hall–Kier alpha value is -0.0500. The quantitative estimate of drug-likeness (QED) is 0.800. The van der Waals surface area contributed by atoms with E-state index in [9.17, 15) is 0 Å². The first-order chi connectivity index (χ1) is 6.31. The minimum atomic E-state index is 0.692. The molecule has 1 unspecified atom stereocenters. The second-order valence-corrected chi connectivity index (χ2v) is 5.34. The van der Waals surface area contributed by atoms with Crippen molar-refractivity contribution in [3.8, 4) is 0 Å². The zero-order valence-electron chi connectivity index (χ0n) is 7.77. The molecular weight excluding hydrogens is 202 g/mol. The maximum Gasteiger partial charge on any atom is 0.0934 e. The number of nitrogens with one attached hydrogen (secondary N) is 1. The number of likely N-dealkylation sites (N-methyl/N-ethyl adjacent to an activating group) is 1. The van der Waals surface area contributed by atoms with E-state index in [2.05, 4.69) is 11.4 Å². The number of fused-ring (bicyclic) bond motifs is 1. The molecule has 0 radical (unpaired) electrons. The van der Waals surface area contributed by atoms with Crippen LogP contribution in [0.15, 0.2) is 6.07 Å². The number of rotatable bonds is 2. The summed E-state index contributed by atoms with van der Waals surface area (Å²) in [5.74, 6) is 0.692. The molecule has 1 aliphatic carbocycles. The van der Waals surface area contributed by atoms with E-state index in [1.54, 1.807) is 11.3 Å². The third-order valence-electron chi connectivity index (χ3n) is 2.66. The first-order valence-electron chi connectivity index (χ1n) is 4.74. The summed E-state index contributed by atoms with van der Waals surface area (Å²) < 4.78 is 0.952. The molecule has 1 N–H and O–H groups in total. The van der Waals surface area contributed by atoms with Crippen molar-refractivity contribution in [1.82, 2.24) is 5.32 Å². The van der Waals surface area contributed by atoms with Gasteiger partial charge in [-0.1, -0.05) is 11.6 Å². The van der Waals surface area contributed by atoms with Crippen molar-refractivity contribution < 1.29 is 0 Å². The Balaban J connectivity index is 2.25. The molecular formula is C10H14ClNS. The number of hydrogen-bond acceptors (Lipinski definition) is 2. The molecule has 0 amide bonds. The Morgan fingerprint density at radius 3 is 3.31 bits per heavy atom. The van der Waals surface area contributed by atoms with Crippen molar-refractivity contribution in [2.24, 2.45) is 0 Å². The van der Waals surface area contributed by atoms with Crippen LogP contribution in [0.3, 0.4) is 0 Å². The molecule has 0 aromatic carbocycles. The van der Waals surface area contributed by atoms with Crippen LogP contribution in [0.5, 0.6) is 0 Å². The molecule has 1 aromatic heterocycles. The van der Waals surface area contributed by atoms with Crippen LogP contribution in [0, 0.1) is 0 Å². The van der Waals surface area contributed by atoms with Crippen LogP contribution >= 0.6 is 22.9 Å². The standard InChI is InChI=1S/C10H14ClNS/c1-12-6-7-3-2-4-9-8(7)5-10(11)13-9/h5,7,12H,2-4,6H2,1H3. The Morgan fingerprint density at radius 2 is 2.54 bits per heavy atom. The smallest absolute Gasteiger partial charge is 0.0934 e. The fraction of sp³-hybridized carbons (Fsp3) is 0.600. The third-order valence-corrected chi connectivity index (χ3v) is 4.00. The maximum absolute atomic E-state index is 6.01. The minimum absolute atomic E-state index is 0.692. The second-order valence-electron chi connectivity index (χ2n) is 3.58. The van der Waals surface area contributed by atoms with E-state index in [4.69, 9.17) is 11.6 Å². The Morgan fingerprint density at radius 1 is 1.69 bits per heavy atom. The van der Waals surface area contributed by atoms with Gasteiger partial charge >= 0.3 is 0 Å². The van der Waals surface area contributed by atoms with Crippen molar-refractivity contribution in [3.05, 3.63) is 20.8 Å². The monoisotopic (exact) mass is 215 g/mol. The van der Waals surface area contributed by atoms with Crippen molar-refractivity contribution in [3.63, 3.8) is 0 Å². The summed E-state index contributed by atoms with van der Waals surface area (Å²) in [6, 6.07) is 2.16. The van der Waals surface area contributed by atoms with Crippen LogP contribution in [0.1, 0.15) is 29.2 Å². The zero-order valence-corrected chi connectivity index (χ0v) is 9.34. The summed E-state index contributed by atoms with van der Waals surface area (Å²) in [6.45, 7) is 1.08. The van der Waals surface area contributed by atoms with E-state index in [-0.39, 0.29) is 0 Å². The van der Waals surface area contributed by atoms with Gasteiger partial charge in [0.15, 0.2) is 0 Å². The van der Waals surface area contributed by atoms with Gasteiger partial charge in [0.25, 0.3) is 0 Å². The molecule has 0 aliphatic heterocycles. The molecule has 0 saturated carbocycles. The summed E-state index contributed by atoms with van der Waals surface area (Å²) in [5.41, 5.74) is 1.50. The average Bonchev–Trinajstić information content (AvgIpc) is 2.47. The summed E-state index contributed by atoms with van der Waals surface area (Å²) in [7, 11) is 2.02.